The molecule has 5 rings (SSSR count). The minimum absolute atomic E-state index is 0.117. The smallest absolute Gasteiger partial charge is 0.489 e. The highest BCUT2D eigenvalue weighted by Gasteiger charge is 2.31. The van der Waals surface area contributed by atoms with Crippen LogP contribution in [0, 0.1) is 0 Å². The molecule has 1 saturated heterocycles. The van der Waals surface area contributed by atoms with Gasteiger partial charge in [0.25, 0.3) is 5.91 Å². The van der Waals surface area contributed by atoms with Gasteiger partial charge >= 0.3 is 6.36 Å². The van der Waals surface area contributed by atoms with Crippen LogP contribution < -0.4 is 14.8 Å². The number of nitrogens with zero attached hydrogens (tertiary/aromatic N) is 4. The molecule has 1 aliphatic rings. The van der Waals surface area contributed by atoms with Crippen molar-refractivity contribution in [3.8, 4) is 17.2 Å². The van der Waals surface area contributed by atoms with Gasteiger partial charge in [-0.05, 0) is 68.0 Å². The molecule has 8 nitrogen and oxygen atoms in total. The van der Waals surface area contributed by atoms with Crippen LogP contribution in [0.5, 0.6) is 11.5 Å². The van der Waals surface area contributed by atoms with Gasteiger partial charge in [0.05, 0.1) is 16.7 Å². The predicted molar refractivity (Wildman–Crippen MR) is 149 cm³/mol. The lowest BCUT2D eigenvalue weighted by Crippen LogP contribution is -2.45. The molecule has 4 aromatic rings. The van der Waals surface area contributed by atoms with E-state index in [1.54, 1.807) is 24.5 Å². The number of likely N-dealkylation sites (N-methyl/N-ethyl adjacent to an activating group) is 1. The highest BCUT2D eigenvalue weighted by atomic mass is 19.4. The van der Waals surface area contributed by atoms with Gasteiger partial charge in [-0.1, -0.05) is 18.2 Å². The summed E-state index contributed by atoms with van der Waals surface area (Å²) in [6, 6.07) is 18.4. The number of hydrogen-bond acceptors (Lipinski definition) is 6. The maximum atomic E-state index is 12.7. The third-order valence-corrected chi connectivity index (χ3v) is 7.00. The van der Waals surface area contributed by atoms with Gasteiger partial charge in [0.2, 0.25) is 0 Å². The first-order chi connectivity index (χ1) is 19.7. The summed E-state index contributed by atoms with van der Waals surface area (Å²) in [6.45, 7) is 6.07. The molecule has 216 valence electrons. The van der Waals surface area contributed by atoms with Crippen molar-refractivity contribution >= 4 is 16.9 Å². The van der Waals surface area contributed by atoms with Crippen molar-refractivity contribution in [2.24, 2.45) is 0 Å². The Morgan fingerprint density at radius 1 is 0.976 bits per heavy atom. The SMILES string of the molecule is CN1CCN(CCCNC(=O)c2ccc3c(c2)ncn3-c2cccc(OCc3ccc(OC(F)(F)F)cc3)c2)CC1. The van der Waals surface area contributed by atoms with Gasteiger partial charge in [-0.15, -0.1) is 13.2 Å². The number of benzene rings is 3. The maximum Gasteiger partial charge on any atom is 0.573 e. The number of carbonyl (C=O) groups is 1. The second-order valence-corrected chi connectivity index (χ2v) is 10.1. The zero-order chi connectivity index (χ0) is 28.8. The fourth-order valence-electron chi connectivity index (χ4n) is 4.71. The van der Waals surface area contributed by atoms with Gasteiger partial charge in [-0.2, -0.15) is 0 Å². The lowest BCUT2D eigenvalue weighted by atomic mass is 10.1. The number of halogens is 3. The summed E-state index contributed by atoms with van der Waals surface area (Å²) in [4.78, 5) is 22.0. The van der Waals surface area contributed by atoms with E-state index < -0.39 is 6.36 Å². The van der Waals surface area contributed by atoms with E-state index in [4.69, 9.17) is 4.74 Å². The Labute approximate surface area is 236 Å². The number of nitrogens with one attached hydrogen (secondary N) is 1. The summed E-state index contributed by atoms with van der Waals surface area (Å²) in [5.74, 6) is 0.192. The molecule has 1 aromatic heterocycles. The Hall–Kier alpha value is -4.09. The Bertz CT molecular complexity index is 1460. The van der Waals surface area contributed by atoms with Gasteiger partial charge in [0.15, 0.2) is 0 Å². The van der Waals surface area contributed by atoms with Crippen molar-refractivity contribution in [3.63, 3.8) is 0 Å². The number of rotatable bonds is 10. The van der Waals surface area contributed by atoms with E-state index in [9.17, 15) is 18.0 Å². The number of fused-ring (bicyclic) bond motifs is 1. The predicted octanol–water partition coefficient (Wildman–Crippen LogP) is 4.87. The number of hydrogen-bond donors (Lipinski definition) is 1. The first kappa shape index (κ1) is 28.4. The first-order valence-electron chi connectivity index (χ1n) is 13.5. The largest absolute Gasteiger partial charge is 0.573 e. The fraction of sp³-hybridized carbons (Fsp3) is 0.333. The van der Waals surface area contributed by atoms with Gasteiger partial charge in [0, 0.05) is 44.4 Å². The van der Waals surface area contributed by atoms with E-state index in [1.807, 2.05) is 28.8 Å². The summed E-state index contributed by atoms with van der Waals surface area (Å²) in [5, 5.41) is 3.01. The average molecular weight is 568 g/mol. The van der Waals surface area contributed by atoms with Crippen LogP contribution in [0.3, 0.4) is 0 Å². The molecule has 0 radical (unpaired) electrons. The van der Waals surface area contributed by atoms with Crippen LogP contribution in [-0.4, -0.2) is 77.9 Å². The number of aromatic nitrogens is 2. The van der Waals surface area contributed by atoms with Crippen LogP contribution in [0.1, 0.15) is 22.3 Å². The molecule has 3 aromatic carbocycles. The summed E-state index contributed by atoms with van der Waals surface area (Å²) in [6.07, 6.45) is -2.13. The number of carbonyl (C=O) groups excluding carboxylic acids is 1. The molecule has 0 aliphatic carbocycles. The van der Waals surface area contributed by atoms with Crippen molar-refractivity contribution < 1.29 is 27.4 Å². The molecule has 1 amide bonds. The highest BCUT2D eigenvalue weighted by molar-refractivity contribution is 5.97. The minimum Gasteiger partial charge on any atom is -0.489 e. The van der Waals surface area contributed by atoms with Crippen LogP contribution >= 0.6 is 0 Å². The quantitative estimate of drug-likeness (QED) is 0.276. The van der Waals surface area contributed by atoms with Crippen molar-refractivity contribution in [2.75, 3.05) is 46.3 Å². The molecular weight excluding hydrogens is 535 g/mol. The van der Waals surface area contributed by atoms with E-state index in [0.29, 0.717) is 28.9 Å². The number of piperazine rings is 1. The van der Waals surface area contributed by atoms with E-state index in [1.165, 1.54) is 24.3 Å². The zero-order valence-corrected chi connectivity index (χ0v) is 22.7. The van der Waals surface area contributed by atoms with E-state index in [-0.39, 0.29) is 18.3 Å². The minimum atomic E-state index is -4.73. The summed E-state index contributed by atoms with van der Waals surface area (Å²) in [5.41, 5.74) is 3.62. The van der Waals surface area contributed by atoms with Crippen LogP contribution in [0.15, 0.2) is 73.1 Å². The lowest BCUT2D eigenvalue weighted by molar-refractivity contribution is -0.274. The Morgan fingerprint density at radius 3 is 2.51 bits per heavy atom. The van der Waals surface area contributed by atoms with Crippen LogP contribution in [-0.2, 0) is 6.61 Å². The normalized spacial score (nSPS) is 14.7. The maximum absolute atomic E-state index is 12.7. The van der Waals surface area contributed by atoms with Crippen molar-refractivity contribution in [3.05, 3.63) is 84.2 Å². The Balaban J connectivity index is 1.16. The molecular formula is C30H32F3N5O3. The Kier molecular flexibility index (Phi) is 8.75. The number of imidazole rings is 1. The van der Waals surface area contributed by atoms with Gasteiger partial charge in [-0.3, -0.25) is 9.36 Å². The number of ether oxygens (including phenoxy) is 2. The third-order valence-electron chi connectivity index (χ3n) is 7.00. The average Bonchev–Trinajstić information content (AvgIpc) is 3.39. The first-order valence-corrected chi connectivity index (χ1v) is 13.5. The molecule has 0 unspecified atom stereocenters. The molecule has 0 bridgehead atoms. The number of alkyl halides is 3. The van der Waals surface area contributed by atoms with E-state index >= 15 is 0 Å². The van der Waals surface area contributed by atoms with Crippen molar-refractivity contribution in [1.29, 1.82) is 0 Å². The summed E-state index contributed by atoms with van der Waals surface area (Å²) in [7, 11) is 2.14. The van der Waals surface area contributed by atoms with Gasteiger partial charge in [0.1, 0.15) is 24.4 Å². The topological polar surface area (TPSA) is 71.9 Å². The summed E-state index contributed by atoms with van der Waals surface area (Å²) < 4.78 is 48.8. The zero-order valence-electron chi connectivity index (χ0n) is 22.7. The van der Waals surface area contributed by atoms with Crippen molar-refractivity contribution in [1.82, 2.24) is 24.7 Å². The monoisotopic (exact) mass is 567 g/mol. The molecule has 1 fully saturated rings. The lowest BCUT2D eigenvalue weighted by Gasteiger charge is -2.32. The molecule has 41 heavy (non-hydrogen) atoms. The molecule has 0 atom stereocenters. The fourth-order valence-corrected chi connectivity index (χ4v) is 4.71. The second kappa shape index (κ2) is 12.6. The van der Waals surface area contributed by atoms with Gasteiger partial charge < -0.3 is 24.6 Å². The van der Waals surface area contributed by atoms with E-state index in [2.05, 4.69) is 31.9 Å². The highest BCUT2D eigenvalue weighted by Crippen LogP contribution is 2.25. The number of amides is 1. The molecule has 0 saturated carbocycles. The van der Waals surface area contributed by atoms with Crippen LogP contribution in [0.25, 0.3) is 16.7 Å². The standard InChI is InChI=1S/C30H32F3N5O3/c1-36-14-16-37(17-15-36)13-3-12-34-29(39)23-8-11-28-27(18-23)35-21-38(28)24-4-2-5-26(19-24)40-20-22-6-9-25(10-7-22)41-30(31,32)33/h2,4-11,18-19,21H,3,12-17,20H2,1H3,(H,34,39). The molecule has 1 N–H and O–H groups in total. The Morgan fingerprint density at radius 2 is 1.76 bits per heavy atom. The van der Waals surface area contributed by atoms with Crippen LogP contribution in [0.4, 0.5) is 13.2 Å². The molecule has 11 heteroatoms. The van der Waals surface area contributed by atoms with Crippen molar-refractivity contribution in [2.45, 2.75) is 19.4 Å². The van der Waals surface area contributed by atoms with Crippen LogP contribution in [0.2, 0.25) is 0 Å². The second-order valence-electron chi connectivity index (χ2n) is 10.1. The van der Waals surface area contributed by atoms with E-state index in [0.717, 1.165) is 50.3 Å². The molecule has 0 spiro atoms. The molecule has 1 aliphatic heterocycles. The third kappa shape index (κ3) is 7.77. The summed E-state index contributed by atoms with van der Waals surface area (Å²) >= 11 is 0. The van der Waals surface area contributed by atoms with Gasteiger partial charge in [-0.25, -0.2) is 4.98 Å². The molecule has 2 heterocycles.